The number of aliphatic carboxylic acids is 1. The molecule has 2 unspecified atom stereocenters. The van der Waals surface area contributed by atoms with Crippen molar-refractivity contribution in [1.29, 1.82) is 0 Å². The molecule has 0 saturated carbocycles. The normalized spacial score (nSPS) is 27.1. The SMILES string of the molecule is CC1CNC(CN(C)CCC(=O)O)C1. The van der Waals surface area contributed by atoms with Crippen LogP contribution in [0.1, 0.15) is 19.8 Å². The highest BCUT2D eigenvalue weighted by Gasteiger charge is 2.21. The van der Waals surface area contributed by atoms with Crippen LogP contribution >= 0.6 is 0 Å². The first-order valence-electron chi connectivity index (χ1n) is 5.21. The summed E-state index contributed by atoms with van der Waals surface area (Å²) in [5.41, 5.74) is 0. The number of carboxylic acid groups (broad SMARTS) is 1. The lowest BCUT2D eigenvalue weighted by Gasteiger charge is -2.20. The highest BCUT2D eigenvalue weighted by molar-refractivity contribution is 5.66. The number of likely N-dealkylation sites (N-methyl/N-ethyl adjacent to an activating group) is 1. The maximum absolute atomic E-state index is 10.4. The highest BCUT2D eigenvalue weighted by atomic mass is 16.4. The molecule has 2 N–H and O–H groups in total. The molecular weight excluding hydrogens is 180 g/mol. The summed E-state index contributed by atoms with van der Waals surface area (Å²) in [7, 11) is 1.98. The monoisotopic (exact) mass is 200 g/mol. The molecular formula is C10H20N2O2. The van der Waals surface area contributed by atoms with Gasteiger partial charge in [-0.1, -0.05) is 6.92 Å². The molecule has 1 rings (SSSR count). The fourth-order valence-electron chi connectivity index (χ4n) is 1.91. The van der Waals surface area contributed by atoms with Gasteiger partial charge in [-0.25, -0.2) is 0 Å². The minimum atomic E-state index is -0.718. The van der Waals surface area contributed by atoms with Gasteiger partial charge in [0, 0.05) is 19.1 Å². The first-order chi connectivity index (χ1) is 6.58. The van der Waals surface area contributed by atoms with Crippen molar-refractivity contribution in [3.8, 4) is 0 Å². The Bertz CT molecular complexity index is 197. The third kappa shape index (κ3) is 4.07. The van der Waals surface area contributed by atoms with Gasteiger partial charge < -0.3 is 15.3 Å². The molecule has 1 aliphatic heterocycles. The molecule has 0 aromatic rings. The van der Waals surface area contributed by atoms with Gasteiger partial charge >= 0.3 is 5.97 Å². The topological polar surface area (TPSA) is 52.6 Å². The van der Waals surface area contributed by atoms with Crippen molar-refractivity contribution in [2.24, 2.45) is 5.92 Å². The van der Waals surface area contributed by atoms with Crippen LogP contribution in [0.2, 0.25) is 0 Å². The molecule has 4 nitrogen and oxygen atoms in total. The number of carboxylic acids is 1. The fraction of sp³-hybridized carbons (Fsp3) is 0.900. The van der Waals surface area contributed by atoms with E-state index in [1.54, 1.807) is 0 Å². The molecule has 1 heterocycles. The molecule has 0 spiro atoms. The average Bonchev–Trinajstić information content (AvgIpc) is 2.48. The molecule has 4 heteroatoms. The van der Waals surface area contributed by atoms with Crippen LogP contribution in [0.3, 0.4) is 0 Å². The Morgan fingerprint density at radius 1 is 1.64 bits per heavy atom. The van der Waals surface area contributed by atoms with E-state index in [0.29, 0.717) is 12.6 Å². The van der Waals surface area contributed by atoms with Gasteiger partial charge in [0.25, 0.3) is 0 Å². The van der Waals surface area contributed by atoms with Gasteiger partial charge in [-0.05, 0) is 25.9 Å². The molecule has 1 saturated heterocycles. The fourth-order valence-corrected chi connectivity index (χ4v) is 1.91. The van der Waals surface area contributed by atoms with Gasteiger partial charge in [-0.2, -0.15) is 0 Å². The quantitative estimate of drug-likeness (QED) is 0.674. The van der Waals surface area contributed by atoms with Crippen LogP contribution < -0.4 is 5.32 Å². The summed E-state index contributed by atoms with van der Waals surface area (Å²) in [6.07, 6.45) is 1.44. The molecule has 1 fully saturated rings. The van der Waals surface area contributed by atoms with E-state index in [2.05, 4.69) is 17.1 Å². The van der Waals surface area contributed by atoms with Gasteiger partial charge in [0.15, 0.2) is 0 Å². The summed E-state index contributed by atoms with van der Waals surface area (Å²) in [6, 6.07) is 0.545. The zero-order valence-corrected chi connectivity index (χ0v) is 8.99. The van der Waals surface area contributed by atoms with E-state index >= 15 is 0 Å². The van der Waals surface area contributed by atoms with Gasteiger partial charge in [0.05, 0.1) is 6.42 Å². The van der Waals surface area contributed by atoms with E-state index < -0.39 is 5.97 Å². The highest BCUT2D eigenvalue weighted by Crippen LogP contribution is 2.13. The maximum Gasteiger partial charge on any atom is 0.304 e. The lowest BCUT2D eigenvalue weighted by Crippen LogP contribution is -2.36. The number of hydrogen-bond acceptors (Lipinski definition) is 3. The molecule has 2 atom stereocenters. The number of carbonyl (C=O) groups is 1. The average molecular weight is 200 g/mol. The Hall–Kier alpha value is -0.610. The van der Waals surface area contributed by atoms with E-state index in [1.807, 2.05) is 7.05 Å². The van der Waals surface area contributed by atoms with Crippen LogP contribution in [0.25, 0.3) is 0 Å². The van der Waals surface area contributed by atoms with Crippen molar-refractivity contribution in [2.75, 3.05) is 26.7 Å². The summed E-state index contributed by atoms with van der Waals surface area (Å²) in [4.78, 5) is 12.4. The predicted octanol–water partition coefficient (Wildman–Crippen LogP) is 0.391. The summed E-state index contributed by atoms with van der Waals surface area (Å²) in [5.74, 6) is 0.0393. The number of nitrogens with zero attached hydrogens (tertiary/aromatic N) is 1. The third-order valence-corrected chi connectivity index (χ3v) is 2.68. The molecule has 0 amide bonds. The van der Waals surface area contributed by atoms with Crippen LogP contribution in [0, 0.1) is 5.92 Å². The Kier molecular flexibility index (Phi) is 4.35. The summed E-state index contributed by atoms with van der Waals surface area (Å²) in [5, 5.41) is 12.0. The second-order valence-electron chi connectivity index (χ2n) is 4.35. The first kappa shape index (κ1) is 11.5. The van der Waals surface area contributed by atoms with E-state index in [-0.39, 0.29) is 6.42 Å². The molecule has 0 aromatic carbocycles. The van der Waals surface area contributed by atoms with Crippen molar-refractivity contribution in [1.82, 2.24) is 10.2 Å². The first-order valence-corrected chi connectivity index (χ1v) is 5.21. The van der Waals surface area contributed by atoms with E-state index in [1.165, 1.54) is 6.42 Å². The lowest BCUT2D eigenvalue weighted by atomic mass is 10.1. The lowest BCUT2D eigenvalue weighted by molar-refractivity contribution is -0.137. The Balaban J connectivity index is 2.13. The van der Waals surface area contributed by atoms with Crippen molar-refractivity contribution in [3.05, 3.63) is 0 Å². The minimum absolute atomic E-state index is 0.235. The van der Waals surface area contributed by atoms with E-state index in [4.69, 9.17) is 5.11 Å². The predicted molar refractivity (Wildman–Crippen MR) is 55.3 cm³/mol. The number of hydrogen-bond donors (Lipinski definition) is 2. The zero-order chi connectivity index (χ0) is 10.6. The molecule has 82 valence electrons. The standard InChI is InChI=1S/C10H20N2O2/c1-8-5-9(11-6-8)7-12(2)4-3-10(13)14/h8-9,11H,3-7H2,1-2H3,(H,13,14). The molecule has 0 aromatic heterocycles. The summed E-state index contributed by atoms with van der Waals surface area (Å²) < 4.78 is 0. The van der Waals surface area contributed by atoms with Crippen LogP contribution in [0.15, 0.2) is 0 Å². The Morgan fingerprint density at radius 3 is 2.86 bits per heavy atom. The maximum atomic E-state index is 10.4. The summed E-state index contributed by atoms with van der Waals surface area (Å²) in [6.45, 7) is 4.93. The van der Waals surface area contributed by atoms with Crippen LogP contribution in [-0.2, 0) is 4.79 Å². The smallest absolute Gasteiger partial charge is 0.304 e. The van der Waals surface area contributed by atoms with Crippen molar-refractivity contribution in [3.63, 3.8) is 0 Å². The van der Waals surface area contributed by atoms with Crippen LogP contribution in [0.5, 0.6) is 0 Å². The zero-order valence-electron chi connectivity index (χ0n) is 8.99. The van der Waals surface area contributed by atoms with Crippen LogP contribution in [0.4, 0.5) is 0 Å². The van der Waals surface area contributed by atoms with Gasteiger partial charge in [-0.15, -0.1) is 0 Å². The van der Waals surface area contributed by atoms with Gasteiger partial charge in [0.1, 0.15) is 0 Å². The molecule has 1 aliphatic rings. The second kappa shape index (κ2) is 5.32. The van der Waals surface area contributed by atoms with Crippen molar-refractivity contribution >= 4 is 5.97 Å². The molecule has 14 heavy (non-hydrogen) atoms. The Morgan fingerprint density at radius 2 is 2.36 bits per heavy atom. The number of nitrogens with one attached hydrogen (secondary N) is 1. The molecule has 0 bridgehead atoms. The molecule has 0 radical (unpaired) electrons. The van der Waals surface area contributed by atoms with Crippen molar-refractivity contribution in [2.45, 2.75) is 25.8 Å². The van der Waals surface area contributed by atoms with Crippen molar-refractivity contribution < 1.29 is 9.90 Å². The summed E-state index contributed by atoms with van der Waals surface area (Å²) >= 11 is 0. The Labute approximate surface area is 85.3 Å². The second-order valence-corrected chi connectivity index (χ2v) is 4.35. The third-order valence-electron chi connectivity index (χ3n) is 2.68. The van der Waals surface area contributed by atoms with E-state index in [9.17, 15) is 4.79 Å². The van der Waals surface area contributed by atoms with E-state index in [0.717, 1.165) is 19.0 Å². The van der Waals surface area contributed by atoms with Crippen LogP contribution in [-0.4, -0.2) is 48.7 Å². The largest absolute Gasteiger partial charge is 0.481 e. The number of rotatable bonds is 5. The minimum Gasteiger partial charge on any atom is -0.481 e. The molecule has 0 aliphatic carbocycles. The van der Waals surface area contributed by atoms with Gasteiger partial charge in [-0.3, -0.25) is 4.79 Å². The van der Waals surface area contributed by atoms with Gasteiger partial charge in [0.2, 0.25) is 0 Å².